The van der Waals surface area contributed by atoms with Crippen molar-refractivity contribution in [2.24, 2.45) is 0 Å². The van der Waals surface area contributed by atoms with Crippen molar-refractivity contribution in [3.8, 4) is 5.75 Å². The van der Waals surface area contributed by atoms with Gasteiger partial charge in [0.05, 0.1) is 14.2 Å². The molecule has 1 N–H and O–H groups in total. The van der Waals surface area contributed by atoms with Crippen LogP contribution in [0.5, 0.6) is 5.75 Å². The molecule has 0 aliphatic carbocycles. The van der Waals surface area contributed by atoms with E-state index in [9.17, 15) is 9.59 Å². The number of carbonyl (C=O) groups is 2. The minimum absolute atomic E-state index is 0.240. The number of ether oxygens (including phenoxy) is 3. The van der Waals surface area contributed by atoms with Crippen LogP contribution in [0.2, 0.25) is 0 Å². The molecule has 0 aliphatic heterocycles. The molecule has 0 saturated heterocycles. The average molecular weight is 388 g/mol. The lowest BCUT2D eigenvalue weighted by atomic mass is 10.1. The number of nitrogens with one attached hydrogen (secondary N) is 1. The zero-order valence-electron chi connectivity index (χ0n) is 13.9. The van der Waals surface area contributed by atoms with E-state index >= 15 is 0 Å². The second-order valence-corrected chi connectivity index (χ2v) is 6.74. The number of hydrogen-bond acceptors (Lipinski definition) is 5. The fraction of sp³-hybridized carbons (Fsp3) is 0.500. The van der Waals surface area contributed by atoms with Crippen molar-refractivity contribution >= 4 is 28.0 Å². The molecule has 1 rings (SSSR count). The van der Waals surface area contributed by atoms with Crippen LogP contribution in [0, 0.1) is 0 Å². The molecular formula is C16H22BrNO5. The van der Waals surface area contributed by atoms with Gasteiger partial charge in [-0.2, -0.15) is 0 Å². The van der Waals surface area contributed by atoms with Crippen LogP contribution in [0.3, 0.4) is 0 Å². The molecule has 0 bridgehead atoms. The number of hydrogen-bond donors (Lipinski definition) is 1. The lowest BCUT2D eigenvalue weighted by molar-refractivity contribution is -0.143. The molecule has 0 spiro atoms. The first-order valence-electron chi connectivity index (χ1n) is 7.06. The van der Waals surface area contributed by atoms with E-state index < -0.39 is 23.7 Å². The molecule has 0 unspecified atom stereocenters. The Morgan fingerprint density at radius 3 is 2.43 bits per heavy atom. The number of amides is 1. The van der Waals surface area contributed by atoms with Crippen molar-refractivity contribution in [1.82, 2.24) is 5.32 Å². The predicted octanol–water partition coefficient (Wildman–Crippen LogP) is 3.07. The molecule has 1 amide bonds. The number of methoxy groups -OCH3 is 2. The zero-order valence-corrected chi connectivity index (χ0v) is 15.5. The van der Waals surface area contributed by atoms with Gasteiger partial charge in [-0.1, -0.05) is 15.9 Å². The summed E-state index contributed by atoms with van der Waals surface area (Å²) in [5.74, 6) is 0.106. The number of benzene rings is 1. The highest BCUT2D eigenvalue weighted by Crippen LogP contribution is 2.24. The summed E-state index contributed by atoms with van der Waals surface area (Å²) in [6, 6.07) is 4.53. The summed E-state index contributed by atoms with van der Waals surface area (Å²) >= 11 is 3.42. The first kappa shape index (κ1) is 19.3. The number of rotatable bonds is 5. The van der Waals surface area contributed by atoms with Gasteiger partial charge in [0.25, 0.3) is 0 Å². The Bertz CT molecular complexity index is 568. The van der Waals surface area contributed by atoms with Crippen molar-refractivity contribution < 1.29 is 23.8 Å². The molecule has 128 valence electrons. The first-order valence-corrected chi connectivity index (χ1v) is 7.85. The van der Waals surface area contributed by atoms with Gasteiger partial charge in [0, 0.05) is 10.9 Å². The number of halogens is 1. The zero-order chi connectivity index (χ0) is 17.6. The van der Waals surface area contributed by atoms with Crippen molar-refractivity contribution in [3.63, 3.8) is 0 Å². The highest BCUT2D eigenvalue weighted by Gasteiger charge is 2.26. The lowest BCUT2D eigenvalue weighted by Gasteiger charge is -2.23. The molecule has 0 radical (unpaired) electrons. The van der Waals surface area contributed by atoms with Gasteiger partial charge in [-0.15, -0.1) is 0 Å². The normalized spacial score (nSPS) is 12.3. The molecule has 1 aromatic rings. The summed E-state index contributed by atoms with van der Waals surface area (Å²) in [6.07, 6.45) is -0.434. The van der Waals surface area contributed by atoms with Crippen molar-refractivity contribution in [2.45, 2.75) is 38.8 Å². The van der Waals surface area contributed by atoms with Crippen LogP contribution in [0.15, 0.2) is 22.7 Å². The van der Waals surface area contributed by atoms with Gasteiger partial charge in [-0.25, -0.2) is 9.59 Å². The molecule has 1 atom stereocenters. The Morgan fingerprint density at radius 1 is 1.26 bits per heavy atom. The van der Waals surface area contributed by atoms with E-state index in [1.807, 2.05) is 6.07 Å². The molecule has 1 aromatic carbocycles. The van der Waals surface area contributed by atoms with Crippen molar-refractivity contribution in [1.29, 1.82) is 0 Å². The first-order chi connectivity index (χ1) is 10.7. The average Bonchev–Trinajstić information content (AvgIpc) is 2.45. The van der Waals surface area contributed by atoms with Crippen LogP contribution in [0.4, 0.5) is 4.79 Å². The Balaban J connectivity index is 2.91. The van der Waals surface area contributed by atoms with E-state index in [-0.39, 0.29) is 6.42 Å². The second kappa shape index (κ2) is 8.19. The van der Waals surface area contributed by atoms with Gasteiger partial charge in [0.2, 0.25) is 0 Å². The number of alkyl carbamates (subject to hydrolysis) is 1. The monoisotopic (exact) mass is 387 g/mol. The van der Waals surface area contributed by atoms with E-state index in [4.69, 9.17) is 14.2 Å². The standard InChI is InChI=1S/C16H22BrNO5/c1-16(2,3)23-15(20)18-13(14(19)22-5)9-10-8-11(21-4)6-7-12(10)17/h6-8,13H,9H2,1-5H3,(H,18,20)/t13-/m0/s1. The summed E-state index contributed by atoms with van der Waals surface area (Å²) in [5, 5.41) is 2.54. The number of esters is 1. The van der Waals surface area contributed by atoms with Crippen LogP contribution in [-0.4, -0.2) is 37.9 Å². The van der Waals surface area contributed by atoms with Crippen LogP contribution >= 0.6 is 15.9 Å². The van der Waals surface area contributed by atoms with E-state index in [2.05, 4.69) is 21.2 Å². The van der Waals surface area contributed by atoms with Crippen LogP contribution < -0.4 is 10.1 Å². The fourth-order valence-corrected chi connectivity index (χ4v) is 2.25. The molecule has 7 heteroatoms. The molecule has 0 aliphatic rings. The largest absolute Gasteiger partial charge is 0.497 e. The summed E-state index contributed by atoms with van der Waals surface area (Å²) in [6.45, 7) is 5.25. The van der Waals surface area contributed by atoms with Crippen LogP contribution in [-0.2, 0) is 20.7 Å². The SMILES string of the molecule is COC(=O)[C@H](Cc1cc(OC)ccc1Br)NC(=O)OC(C)(C)C. The van der Waals surface area contributed by atoms with Crippen LogP contribution in [0.25, 0.3) is 0 Å². The van der Waals surface area contributed by atoms with E-state index in [0.717, 1.165) is 10.0 Å². The maximum Gasteiger partial charge on any atom is 0.408 e. The Labute approximate surface area is 144 Å². The highest BCUT2D eigenvalue weighted by molar-refractivity contribution is 9.10. The number of carbonyl (C=O) groups excluding carboxylic acids is 2. The third kappa shape index (κ3) is 6.48. The molecule has 0 aromatic heterocycles. The van der Waals surface area contributed by atoms with Crippen molar-refractivity contribution in [3.05, 3.63) is 28.2 Å². The van der Waals surface area contributed by atoms with E-state index in [1.54, 1.807) is 40.0 Å². The van der Waals surface area contributed by atoms with Gasteiger partial charge in [-0.3, -0.25) is 0 Å². The van der Waals surface area contributed by atoms with Gasteiger partial charge in [0.15, 0.2) is 0 Å². The molecule has 0 fully saturated rings. The molecule has 6 nitrogen and oxygen atoms in total. The Kier molecular flexibility index (Phi) is 6.87. The van der Waals surface area contributed by atoms with Gasteiger partial charge in [-0.05, 0) is 44.5 Å². The van der Waals surface area contributed by atoms with Crippen LogP contribution in [0.1, 0.15) is 26.3 Å². The highest BCUT2D eigenvalue weighted by atomic mass is 79.9. The third-order valence-electron chi connectivity index (χ3n) is 2.85. The maximum absolute atomic E-state index is 11.9. The summed E-state index contributed by atoms with van der Waals surface area (Å²) in [5.41, 5.74) is 0.150. The molecule has 0 saturated carbocycles. The predicted molar refractivity (Wildman–Crippen MR) is 89.6 cm³/mol. The van der Waals surface area contributed by atoms with E-state index in [1.165, 1.54) is 7.11 Å². The second-order valence-electron chi connectivity index (χ2n) is 5.88. The maximum atomic E-state index is 11.9. The topological polar surface area (TPSA) is 73.9 Å². The summed E-state index contributed by atoms with van der Waals surface area (Å²) < 4.78 is 15.9. The smallest absolute Gasteiger partial charge is 0.408 e. The third-order valence-corrected chi connectivity index (χ3v) is 3.63. The minimum Gasteiger partial charge on any atom is -0.497 e. The summed E-state index contributed by atoms with van der Waals surface area (Å²) in [7, 11) is 2.83. The van der Waals surface area contributed by atoms with Gasteiger partial charge >= 0.3 is 12.1 Å². The molecule has 23 heavy (non-hydrogen) atoms. The summed E-state index contributed by atoms with van der Waals surface area (Å²) in [4.78, 5) is 23.9. The Morgan fingerprint density at radius 2 is 1.91 bits per heavy atom. The quantitative estimate of drug-likeness (QED) is 0.785. The van der Waals surface area contributed by atoms with Gasteiger partial charge in [0.1, 0.15) is 17.4 Å². The lowest BCUT2D eigenvalue weighted by Crippen LogP contribution is -2.45. The molecule has 0 heterocycles. The minimum atomic E-state index is -0.863. The molecular weight excluding hydrogens is 366 g/mol. The van der Waals surface area contributed by atoms with Gasteiger partial charge < -0.3 is 19.5 Å². The fourth-order valence-electron chi connectivity index (χ4n) is 1.84. The van der Waals surface area contributed by atoms with E-state index in [0.29, 0.717) is 5.75 Å². The van der Waals surface area contributed by atoms with Crippen molar-refractivity contribution in [2.75, 3.05) is 14.2 Å². The Hall–Kier alpha value is -1.76.